The van der Waals surface area contributed by atoms with E-state index in [1.807, 2.05) is 6.92 Å². The maximum Gasteiger partial charge on any atom is 0.0163 e. The SMILES string of the molecule is C=C(C)I=CCN. The van der Waals surface area contributed by atoms with Gasteiger partial charge in [0.05, 0.1) is 0 Å². The molecular formula is C5H10IN. The van der Waals surface area contributed by atoms with E-state index < -0.39 is 0 Å². The van der Waals surface area contributed by atoms with Gasteiger partial charge in [0.25, 0.3) is 0 Å². The van der Waals surface area contributed by atoms with Crippen LogP contribution in [0.25, 0.3) is 0 Å². The summed E-state index contributed by atoms with van der Waals surface area (Å²) in [6.45, 7) is 6.50. The lowest BCUT2D eigenvalue weighted by Crippen LogP contribution is -1.96. The van der Waals surface area contributed by atoms with E-state index in [1.54, 1.807) is 0 Å². The van der Waals surface area contributed by atoms with Crippen LogP contribution in [0.4, 0.5) is 0 Å². The molecule has 0 unspecified atom stereocenters. The van der Waals surface area contributed by atoms with E-state index >= 15 is 0 Å². The molecule has 0 fully saturated rings. The van der Waals surface area contributed by atoms with Crippen LogP contribution in [-0.4, -0.2) is 10.6 Å². The zero-order chi connectivity index (χ0) is 5.70. The fourth-order valence-electron chi connectivity index (χ4n) is 0.176. The number of allylic oxidation sites excluding steroid dienone is 1. The Morgan fingerprint density at radius 1 is 2.00 bits per heavy atom. The number of halogens is 1. The molecule has 7 heavy (non-hydrogen) atoms. The van der Waals surface area contributed by atoms with Crippen molar-refractivity contribution in [3.8, 4) is 0 Å². The van der Waals surface area contributed by atoms with Crippen LogP contribution in [0.1, 0.15) is 6.92 Å². The average molecular weight is 211 g/mol. The van der Waals surface area contributed by atoms with Gasteiger partial charge in [-0.25, -0.2) is 0 Å². The van der Waals surface area contributed by atoms with Gasteiger partial charge in [0, 0.05) is 6.54 Å². The van der Waals surface area contributed by atoms with Gasteiger partial charge < -0.3 is 5.73 Å². The van der Waals surface area contributed by atoms with Gasteiger partial charge in [0.15, 0.2) is 0 Å². The van der Waals surface area contributed by atoms with Gasteiger partial charge in [0.2, 0.25) is 0 Å². The molecule has 0 saturated carbocycles. The van der Waals surface area contributed by atoms with Crippen LogP contribution in [0, 0.1) is 0 Å². The molecule has 42 valence electrons. The number of hydrogen-bond donors (Lipinski definition) is 1. The fraction of sp³-hybridized carbons (Fsp3) is 0.400. The molecule has 0 aromatic rings. The standard InChI is InChI=1S/C5H10IN/c1-5(2)6-3-4-7/h3H,1,4,7H2,2H3. The van der Waals surface area contributed by atoms with Crippen LogP contribution in [0.5, 0.6) is 0 Å². The Labute approximate surface area is 54.3 Å². The van der Waals surface area contributed by atoms with Crippen molar-refractivity contribution in [2.24, 2.45) is 5.73 Å². The predicted molar refractivity (Wildman–Crippen MR) is 44.0 cm³/mol. The highest BCUT2D eigenvalue weighted by molar-refractivity contribution is 14.2. The van der Waals surface area contributed by atoms with E-state index in [1.165, 1.54) is 3.58 Å². The molecule has 0 aliphatic carbocycles. The van der Waals surface area contributed by atoms with Crippen LogP contribution in [0.15, 0.2) is 10.2 Å². The summed E-state index contributed by atoms with van der Waals surface area (Å²) in [7, 11) is 0. The first-order valence-corrected chi connectivity index (χ1v) is 4.40. The third kappa shape index (κ3) is 6.30. The molecule has 0 radical (unpaired) electrons. The second-order valence-electron chi connectivity index (χ2n) is 1.18. The number of hydrogen-bond acceptors (Lipinski definition) is 1. The van der Waals surface area contributed by atoms with Crippen molar-refractivity contribution < 1.29 is 0 Å². The van der Waals surface area contributed by atoms with Gasteiger partial charge in [-0.15, -0.1) is 0 Å². The zero-order valence-electron chi connectivity index (χ0n) is 4.45. The summed E-state index contributed by atoms with van der Waals surface area (Å²) in [5.74, 6) is 0. The fourth-order valence-corrected chi connectivity index (χ4v) is 1.18. The molecule has 0 amide bonds. The molecule has 0 aliphatic rings. The molecule has 2 heteroatoms. The van der Waals surface area contributed by atoms with Gasteiger partial charge in [-0.3, -0.25) is 0 Å². The maximum absolute atomic E-state index is 5.21. The van der Waals surface area contributed by atoms with Crippen LogP contribution in [0.2, 0.25) is 0 Å². The molecule has 0 saturated heterocycles. The summed E-state index contributed by atoms with van der Waals surface area (Å²) in [6.07, 6.45) is 0. The second kappa shape index (κ2) is 4.46. The summed E-state index contributed by atoms with van der Waals surface area (Å²) in [5, 5.41) is 0. The molecule has 2 N–H and O–H groups in total. The average Bonchev–Trinajstić information content (AvgIpc) is 1.61. The Hall–Kier alpha value is 0.300. The van der Waals surface area contributed by atoms with Crippen LogP contribution >= 0.6 is 20.7 Å². The van der Waals surface area contributed by atoms with Crippen LogP contribution < -0.4 is 5.73 Å². The molecule has 0 heterocycles. The first kappa shape index (κ1) is 7.30. The monoisotopic (exact) mass is 211 g/mol. The highest BCUT2D eigenvalue weighted by Gasteiger charge is 1.68. The summed E-state index contributed by atoms with van der Waals surface area (Å²) in [6, 6.07) is 0. The first-order valence-electron chi connectivity index (χ1n) is 2.08. The van der Waals surface area contributed by atoms with E-state index in [0.29, 0.717) is 6.54 Å². The molecule has 0 rings (SSSR count). The molecule has 1 nitrogen and oxygen atoms in total. The molecule has 0 aliphatic heterocycles. The first-order chi connectivity index (χ1) is 3.27. The highest BCUT2D eigenvalue weighted by Crippen LogP contribution is 2.06. The van der Waals surface area contributed by atoms with E-state index in [-0.39, 0.29) is 20.7 Å². The zero-order valence-corrected chi connectivity index (χ0v) is 6.60. The van der Waals surface area contributed by atoms with Gasteiger partial charge in [-0.1, -0.05) is 27.3 Å². The largest absolute Gasteiger partial charge is 0.327 e. The summed E-state index contributed by atoms with van der Waals surface area (Å²) in [4.78, 5) is 0. The van der Waals surface area contributed by atoms with Crippen molar-refractivity contribution in [1.82, 2.24) is 0 Å². The summed E-state index contributed by atoms with van der Waals surface area (Å²) < 4.78 is 3.39. The van der Waals surface area contributed by atoms with Crippen molar-refractivity contribution in [2.45, 2.75) is 6.92 Å². The minimum absolute atomic E-state index is 0.121. The maximum atomic E-state index is 5.21. The van der Waals surface area contributed by atoms with Crippen LogP contribution in [-0.2, 0) is 0 Å². The van der Waals surface area contributed by atoms with Crippen molar-refractivity contribution in [3.05, 3.63) is 10.2 Å². The Kier molecular flexibility index (Phi) is 4.65. The van der Waals surface area contributed by atoms with Crippen molar-refractivity contribution in [1.29, 1.82) is 0 Å². The quantitative estimate of drug-likeness (QED) is 0.683. The Morgan fingerprint density at radius 3 is 2.71 bits per heavy atom. The molecule has 0 atom stereocenters. The third-order valence-corrected chi connectivity index (χ3v) is 2.36. The Morgan fingerprint density at radius 2 is 2.57 bits per heavy atom. The minimum Gasteiger partial charge on any atom is -0.327 e. The van der Waals surface area contributed by atoms with Gasteiger partial charge >= 0.3 is 0 Å². The molecular weight excluding hydrogens is 201 g/mol. The van der Waals surface area contributed by atoms with Gasteiger partial charge in [-0.2, -0.15) is 0 Å². The van der Waals surface area contributed by atoms with Gasteiger partial charge in [0.1, 0.15) is 0 Å². The van der Waals surface area contributed by atoms with E-state index in [4.69, 9.17) is 5.73 Å². The number of nitrogens with two attached hydrogens (primary N) is 1. The lowest BCUT2D eigenvalue weighted by Gasteiger charge is -1.79. The highest BCUT2D eigenvalue weighted by atomic mass is 127. The molecule has 0 aromatic heterocycles. The van der Waals surface area contributed by atoms with Crippen molar-refractivity contribution >= 4 is 24.7 Å². The topological polar surface area (TPSA) is 26.0 Å². The lowest BCUT2D eigenvalue weighted by molar-refractivity contribution is 1.36. The number of rotatable bonds is 2. The Bertz CT molecular complexity index is 86.1. The summed E-state index contributed by atoms with van der Waals surface area (Å²) in [5.41, 5.74) is 5.21. The third-order valence-electron chi connectivity index (χ3n) is 0.352. The lowest BCUT2D eigenvalue weighted by atomic mass is 10.8. The molecule has 0 bridgehead atoms. The van der Waals surface area contributed by atoms with Gasteiger partial charge in [-0.05, 0) is 14.5 Å². The van der Waals surface area contributed by atoms with Crippen molar-refractivity contribution in [2.75, 3.05) is 6.54 Å². The predicted octanol–water partition coefficient (Wildman–Crippen LogP) is 1.25. The normalized spacial score (nSPS) is 11.1. The second-order valence-corrected chi connectivity index (χ2v) is 4.52. The smallest absolute Gasteiger partial charge is 0.0163 e. The van der Waals surface area contributed by atoms with E-state index in [9.17, 15) is 0 Å². The summed E-state index contributed by atoms with van der Waals surface area (Å²) >= 11 is 0.121. The molecule has 0 spiro atoms. The Balaban J connectivity index is 3.26. The molecule has 0 aromatic carbocycles. The minimum atomic E-state index is 0.121. The van der Waals surface area contributed by atoms with Crippen molar-refractivity contribution in [3.63, 3.8) is 0 Å². The van der Waals surface area contributed by atoms with E-state index in [0.717, 1.165) is 0 Å². The van der Waals surface area contributed by atoms with Crippen LogP contribution in [0.3, 0.4) is 0 Å². The van der Waals surface area contributed by atoms with E-state index in [2.05, 4.69) is 10.6 Å².